The second-order valence-electron chi connectivity index (χ2n) is 5.80. The highest BCUT2D eigenvalue weighted by molar-refractivity contribution is 5.29. The van der Waals surface area contributed by atoms with Crippen LogP contribution >= 0.6 is 0 Å². The van der Waals surface area contributed by atoms with Crippen molar-refractivity contribution in [1.82, 2.24) is 9.80 Å². The van der Waals surface area contributed by atoms with Crippen molar-refractivity contribution >= 4 is 0 Å². The summed E-state index contributed by atoms with van der Waals surface area (Å²) in [6.45, 7) is 6.84. The zero-order valence-electron chi connectivity index (χ0n) is 13.6. The number of hydrogen-bond donors (Lipinski definition) is 1. The van der Waals surface area contributed by atoms with E-state index in [0.29, 0.717) is 6.04 Å². The third kappa shape index (κ3) is 5.83. The number of nitrogens with zero attached hydrogens (tertiary/aromatic N) is 2. The van der Waals surface area contributed by atoms with Crippen LogP contribution < -0.4 is 5.73 Å². The summed E-state index contributed by atoms with van der Waals surface area (Å²) in [5.74, 6) is 0. The fourth-order valence-electron chi connectivity index (χ4n) is 2.27. The molecule has 3 heteroatoms. The highest BCUT2D eigenvalue weighted by Gasteiger charge is 2.10. The molecule has 0 aromatic rings. The van der Waals surface area contributed by atoms with Gasteiger partial charge in [0, 0.05) is 31.0 Å². The first kappa shape index (κ1) is 16.8. The molecule has 1 aliphatic rings. The van der Waals surface area contributed by atoms with Gasteiger partial charge < -0.3 is 15.5 Å². The van der Waals surface area contributed by atoms with Crippen molar-refractivity contribution in [2.45, 2.75) is 45.6 Å². The highest BCUT2D eigenvalue weighted by Crippen LogP contribution is 2.13. The zero-order valence-corrected chi connectivity index (χ0v) is 13.6. The van der Waals surface area contributed by atoms with Crippen molar-refractivity contribution < 1.29 is 0 Å². The lowest BCUT2D eigenvalue weighted by Crippen LogP contribution is -2.33. The summed E-state index contributed by atoms with van der Waals surface area (Å²) in [5.41, 5.74) is 7.95. The lowest BCUT2D eigenvalue weighted by Gasteiger charge is -2.28. The van der Waals surface area contributed by atoms with Crippen LogP contribution in [-0.4, -0.2) is 43.0 Å². The molecule has 20 heavy (non-hydrogen) atoms. The molecule has 3 nitrogen and oxygen atoms in total. The van der Waals surface area contributed by atoms with E-state index in [2.05, 4.69) is 56.0 Å². The number of rotatable bonds is 8. The van der Waals surface area contributed by atoms with Crippen molar-refractivity contribution in [2.24, 2.45) is 5.73 Å². The Morgan fingerprint density at radius 2 is 1.95 bits per heavy atom. The average molecular weight is 277 g/mol. The average Bonchev–Trinajstić information content (AvgIpc) is 2.66. The number of allylic oxidation sites excluding steroid dienone is 4. The summed E-state index contributed by atoms with van der Waals surface area (Å²) < 4.78 is 0. The molecule has 0 saturated heterocycles. The van der Waals surface area contributed by atoms with E-state index in [1.807, 2.05) is 6.08 Å². The normalized spacial score (nSPS) is 16.6. The number of unbranched alkanes of at least 4 members (excludes halogenated alkanes) is 1. The third-order valence-corrected chi connectivity index (χ3v) is 4.07. The summed E-state index contributed by atoms with van der Waals surface area (Å²) in [5, 5.41) is 0. The minimum atomic E-state index is 0.627. The van der Waals surface area contributed by atoms with E-state index in [-0.39, 0.29) is 0 Å². The van der Waals surface area contributed by atoms with Gasteiger partial charge in [-0.2, -0.15) is 0 Å². The van der Waals surface area contributed by atoms with E-state index in [0.717, 1.165) is 18.7 Å². The van der Waals surface area contributed by atoms with Gasteiger partial charge in [0.25, 0.3) is 0 Å². The minimum absolute atomic E-state index is 0.627. The lowest BCUT2D eigenvalue weighted by atomic mass is 10.2. The zero-order chi connectivity index (χ0) is 15.0. The highest BCUT2D eigenvalue weighted by atomic mass is 15.1. The van der Waals surface area contributed by atoms with Crippen molar-refractivity contribution in [1.29, 1.82) is 0 Å². The first-order valence-electron chi connectivity index (χ1n) is 7.79. The van der Waals surface area contributed by atoms with Gasteiger partial charge in [0.05, 0.1) is 0 Å². The largest absolute Gasteiger partial charge is 0.399 e. The Bertz CT molecular complexity index is 368. The van der Waals surface area contributed by atoms with Crippen LogP contribution in [0.15, 0.2) is 35.7 Å². The second-order valence-corrected chi connectivity index (χ2v) is 5.80. The molecule has 0 aromatic heterocycles. The molecule has 114 valence electrons. The first-order valence-corrected chi connectivity index (χ1v) is 7.79. The van der Waals surface area contributed by atoms with Crippen LogP contribution in [0.5, 0.6) is 0 Å². The monoisotopic (exact) mass is 277 g/mol. The smallest absolute Gasteiger partial charge is 0.0326 e. The molecular weight excluding hydrogens is 246 g/mol. The van der Waals surface area contributed by atoms with E-state index in [1.165, 1.54) is 31.5 Å². The molecule has 1 atom stereocenters. The van der Waals surface area contributed by atoms with Crippen molar-refractivity contribution in [3.8, 4) is 0 Å². The van der Waals surface area contributed by atoms with Crippen LogP contribution in [0.25, 0.3) is 0 Å². The first-order chi connectivity index (χ1) is 9.54. The van der Waals surface area contributed by atoms with E-state index < -0.39 is 0 Å². The SMILES string of the molecule is CCCCN(C)C(C)CCN(C)C1=CCC=C(N)C=C1. The fraction of sp³-hybridized carbons (Fsp3) is 0.647. The number of likely N-dealkylation sites (N-methyl/N-ethyl adjacent to an activating group) is 1. The maximum Gasteiger partial charge on any atom is 0.0326 e. The van der Waals surface area contributed by atoms with Gasteiger partial charge in [0.1, 0.15) is 0 Å². The topological polar surface area (TPSA) is 32.5 Å². The molecule has 1 rings (SSSR count). The molecule has 0 amide bonds. The molecule has 0 heterocycles. The maximum atomic E-state index is 5.82. The predicted molar refractivity (Wildman–Crippen MR) is 88.4 cm³/mol. The summed E-state index contributed by atoms with van der Waals surface area (Å²) in [6.07, 6.45) is 13.1. The van der Waals surface area contributed by atoms with E-state index in [4.69, 9.17) is 5.73 Å². The molecule has 0 bridgehead atoms. The van der Waals surface area contributed by atoms with Gasteiger partial charge in [-0.1, -0.05) is 25.5 Å². The molecule has 0 aromatic carbocycles. The van der Waals surface area contributed by atoms with Crippen LogP contribution in [0, 0.1) is 0 Å². The van der Waals surface area contributed by atoms with Gasteiger partial charge in [-0.25, -0.2) is 0 Å². The van der Waals surface area contributed by atoms with Crippen LogP contribution in [0.1, 0.15) is 39.5 Å². The van der Waals surface area contributed by atoms with Crippen LogP contribution in [-0.2, 0) is 0 Å². The molecule has 0 fully saturated rings. The Labute approximate surface area is 124 Å². The molecule has 1 aliphatic carbocycles. The molecule has 0 radical (unpaired) electrons. The maximum absolute atomic E-state index is 5.82. The van der Waals surface area contributed by atoms with Gasteiger partial charge in [-0.3, -0.25) is 0 Å². The summed E-state index contributed by atoms with van der Waals surface area (Å²) in [4.78, 5) is 4.79. The number of hydrogen-bond acceptors (Lipinski definition) is 3. The lowest BCUT2D eigenvalue weighted by molar-refractivity contribution is 0.227. The quantitative estimate of drug-likeness (QED) is 0.740. The Morgan fingerprint density at radius 1 is 1.20 bits per heavy atom. The Hall–Kier alpha value is -1.22. The third-order valence-electron chi connectivity index (χ3n) is 4.07. The van der Waals surface area contributed by atoms with E-state index in [1.54, 1.807) is 0 Å². The minimum Gasteiger partial charge on any atom is -0.399 e. The predicted octanol–water partition coefficient (Wildman–Crippen LogP) is 3.12. The van der Waals surface area contributed by atoms with Crippen LogP contribution in [0.2, 0.25) is 0 Å². The number of nitrogens with two attached hydrogens (primary N) is 1. The van der Waals surface area contributed by atoms with E-state index in [9.17, 15) is 0 Å². The molecular formula is C17H31N3. The Balaban J connectivity index is 2.37. The Morgan fingerprint density at radius 3 is 2.65 bits per heavy atom. The molecule has 0 saturated carbocycles. The van der Waals surface area contributed by atoms with Gasteiger partial charge in [0.15, 0.2) is 0 Å². The standard InChI is InChI=1S/C17H31N3/c1-5-6-13-19(3)15(2)12-14-20(4)17-9-7-8-16(18)10-11-17/h8-11,15H,5-7,12-14,18H2,1-4H3. The molecule has 0 aliphatic heterocycles. The van der Waals surface area contributed by atoms with Gasteiger partial charge in [-0.05, 0) is 51.9 Å². The summed E-state index contributed by atoms with van der Waals surface area (Å²) in [7, 11) is 4.40. The second kappa shape index (κ2) is 8.85. The molecule has 0 spiro atoms. The Kier molecular flexibility index (Phi) is 7.45. The molecule has 2 N–H and O–H groups in total. The molecule has 1 unspecified atom stereocenters. The van der Waals surface area contributed by atoms with Gasteiger partial charge in [0.2, 0.25) is 0 Å². The summed E-state index contributed by atoms with van der Waals surface area (Å²) >= 11 is 0. The van der Waals surface area contributed by atoms with Crippen molar-refractivity contribution in [2.75, 3.05) is 27.2 Å². The van der Waals surface area contributed by atoms with Crippen molar-refractivity contribution in [3.63, 3.8) is 0 Å². The van der Waals surface area contributed by atoms with Gasteiger partial charge >= 0.3 is 0 Å². The van der Waals surface area contributed by atoms with Gasteiger partial charge in [-0.15, -0.1) is 0 Å². The van der Waals surface area contributed by atoms with Crippen LogP contribution in [0.4, 0.5) is 0 Å². The van der Waals surface area contributed by atoms with Crippen LogP contribution in [0.3, 0.4) is 0 Å². The van der Waals surface area contributed by atoms with E-state index >= 15 is 0 Å². The van der Waals surface area contributed by atoms with Crippen molar-refractivity contribution in [3.05, 3.63) is 35.7 Å². The fourth-order valence-corrected chi connectivity index (χ4v) is 2.27. The summed E-state index contributed by atoms with van der Waals surface area (Å²) in [6, 6.07) is 0.627.